The molecule has 1 aromatic carbocycles. The van der Waals surface area contributed by atoms with Gasteiger partial charge in [-0.1, -0.05) is 0 Å². The van der Waals surface area contributed by atoms with Gasteiger partial charge in [-0.15, -0.1) is 0 Å². The van der Waals surface area contributed by atoms with Gasteiger partial charge < -0.3 is 16.0 Å². The lowest BCUT2D eigenvalue weighted by molar-refractivity contribution is -0.126. The van der Waals surface area contributed by atoms with E-state index in [1.165, 1.54) is 24.1 Å². The van der Waals surface area contributed by atoms with Gasteiger partial charge in [0.2, 0.25) is 5.91 Å². The van der Waals surface area contributed by atoms with Gasteiger partial charge >= 0.3 is 0 Å². The Bertz CT molecular complexity index is 533. The monoisotopic (exact) mass is 279 g/mol. The van der Waals surface area contributed by atoms with E-state index in [2.05, 4.69) is 5.32 Å². The molecule has 1 saturated heterocycles. The largest absolute Gasteiger partial charge is 0.398 e. The molecule has 0 spiro atoms. The Morgan fingerprint density at radius 1 is 1.40 bits per heavy atom. The second-order valence-electron chi connectivity index (χ2n) is 4.86. The summed E-state index contributed by atoms with van der Waals surface area (Å²) < 4.78 is 13.3. The van der Waals surface area contributed by atoms with Crippen molar-refractivity contribution in [3.63, 3.8) is 0 Å². The Kier molecular flexibility index (Phi) is 4.22. The molecule has 1 aromatic rings. The van der Waals surface area contributed by atoms with Gasteiger partial charge in [0.1, 0.15) is 11.9 Å². The van der Waals surface area contributed by atoms with Crippen LogP contribution in [-0.2, 0) is 4.79 Å². The Labute approximate surface area is 116 Å². The van der Waals surface area contributed by atoms with Crippen molar-refractivity contribution in [1.82, 2.24) is 10.2 Å². The van der Waals surface area contributed by atoms with Crippen molar-refractivity contribution in [2.75, 3.05) is 19.3 Å². The molecule has 0 saturated carbocycles. The highest BCUT2D eigenvalue weighted by atomic mass is 19.1. The van der Waals surface area contributed by atoms with Gasteiger partial charge in [-0.25, -0.2) is 4.39 Å². The minimum atomic E-state index is -0.518. The van der Waals surface area contributed by atoms with Crippen LogP contribution in [0.25, 0.3) is 0 Å². The molecule has 5 nitrogen and oxygen atoms in total. The van der Waals surface area contributed by atoms with E-state index in [-0.39, 0.29) is 17.2 Å². The van der Waals surface area contributed by atoms with E-state index < -0.39 is 17.8 Å². The molecule has 0 aromatic heterocycles. The normalized spacial score (nSPS) is 18.7. The highest BCUT2D eigenvalue weighted by Gasteiger charge is 2.32. The number of halogens is 1. The molecule has 1 aliphatic rings. The number of anilines is 1. The van der Waals surface area contributed by atoms with Crippen LogP contribution in [0, 0.1) is 5.82 Å². The van der Waals surface area contributed by atoms with Gasteiger partial charge in [0.15, 0.2) is 0 Å². The van der Waals surface area contributed by atoms with Crippen molar-refractivity contribution in [2.24, 2.45) is 0 Å². The minimum Gasteiger partial charge on any atom is -0.398 e. The van der Waals surface area contributed by atoms with Crippen LogP contribution in [0.4, 0.5) is 10.1 Å². The maximum Gasteiger partial charge on any atom is 0.256 e. The maximum absolute atomic E-state index is 13.3. The molecule has 1 heterocycles. The molecule has 2 rings (SSSR count). The van der Waals surface area contributed by atoms with Gasteiger partial charge in [0.05, 0.1) is 5.56 Å². The third-order valence-corrected chi connectivity index (χ3v) is 3.56. The third-order valence-electron chi connectivity index (χ3n) is 3.56. The van der Waals surface area contributed by atoms with Crippen molar-refractivity contribution in [1.29, 1.82) is 0 Å². The quantitative estimate of drug-likeness (QED) is 0.797. The number of rotatable bonds is 2. The Morgan fingerprint density at radius 3 is 2.85 bits per heavy atom. The number of nitrogen functional groups attached to an aromatic ring is 1. The Morgan fingerprint density at radius 2 is 2.15 bits per heavy atom. The minimum absolute atomic E-state index is 0.112. The first-order valence-corrected chi connectivity index (χ1v) is 6.62. The topological polar surface area (TPSA) is 75.4 Å². The first-order chi connectivity index (χ1) is 9.54. The van der Waals surface area contributed by atoms with E-state index in [1.54, 1.807) is 0 Å². The number of benzene rings is 1. The van der Waals surface area contributed by atoms with Crippen LogP contribution < -0.4 is 11.1 Å². The van der Waals surface area contributed by atoms with E-state index in [9.17, 15) is 14.0 Å². The van der Waals surface area contributed by atoms with Crippen LogP contribution in [-0.4, -0.2) is 36.3 Å². The van der Waals surface area contributed by atoms with Crippen LogP contribution in [0.1, 0.15) is 29.6 Å². The fraction of sp³-hybridized carbons (Fsp3) is 0.429. The van der Waals surface area contributed by atoms with Gasteiger partial charge in [0.25, 0.3) is 5.91 Å². The highest BCUT2D eigenvalue weighted by molar-refractivity contribution is 6.01. The number of carbonyl (C=O) groups is 2. The summed E-state index contributed by atoms with van der Waals surface area (Å²) in [5.74, 6) is -1.11. The van der Waals surface area contributed by atoms with Crippen LogP contribution in [0.5, 0.6) is 0 Å². The van der Waals surface area contributed by atoms with Crippen molar-refractivity contribution < 1.29 is 14.0 Å². The van der Waals surface area contributed by atoms with Crippen molar-refractivity contribution >= 4 is 17.5 Å². The van der Waals surface area contributed by atoms with Gasteiger partial charge in [-0.3, -0.25) is 9.59 Å². The van der Waals surface area contributed by atoms with E-state index in [4.69, 9.17) is 5.73 Å². The predicted molar refractivity (Wildman–Crippen MR) is 73.6 cm³/mol. The van der Waals surface area contributed by atoms with Gasteiger partial charge in [-0.2, -0.15) is 0 Å². The molecular weight excluding hydrogens is 261 g/mol. The number of nitrogens with two attached hydrogens (primary N) is 1. The molecule has 1 fully saturated rings. The average Bonchev–Trinajstić information content (AvgIpc) is 2.48. The van der Waals surface area contributed by atoms with Crippen LogP contribution in [0.3, 0.4) is 0 Å². The summed E-state index contributed by atoms with van der Waals surface area (Å²) in [6, 6.07) is 3.18. The number of piperidine rings is 1. The van der Waals surface area contributed by atoms with Crippen LogP contribution in [0.15, 0.2) is 18.2 Å². The summed E-state index contributed by atoms with van der Waals surface area (Å²) in [6.07, 6.45) is 2.33. The second-order valence-corrected chi connectivity index (χ2v) is 4.86. The van der Waals surface area contributed by atoms with Crippen molar-refractivity contribution in [2.45, 2.75) is 25.3 Å². The lowest BCUT2D eigenvalue weighted by Crippen LogP contribution is -2.51. The second kappa shape index (κ2) is 5.90. The fourth-order valence-electron chi connectivity index (χ4n) is 2.48. The summed E-state index contributed by atoms with van der Waals surface area (Å²) in [5, 5.41) is 2.56. The Balaban J connectivity index is 2.30. The summed E-state index contributed by atoms with van der Waals surface area (Å²) in [4.78, 5) is 25.8. The molecule has 0 radical (unpaired) electrons. The van der Waals surface area contributed by atoms with E-state index in [1.807, 2.05) is 0 Å². The number of amides is 2. The zero-order valence-electron chi connectivity index (χ0n) is 11.4. The van der Waals surface area contributed by atoms with Gasteiger partial charge in [0, 0.05) is 19.3 Å². The SMILES string of the molecule is CNC(=O)C1CCCCN1C(=O)c1cc(F)ccc1N. The molecule has 0 aliphatic carbocycles. The number of hydrogen-bond acceptors (Lipinski definition) is 3. The van der Waals surface area contributed by atoms with E-state index >= 15 is 0 Å². The number of likely N-dealkylation sites (tertiary alicyclic amines) is 1. The molecule has 6 heteroatoms. The van der Waals surface area contributed by atoms with Crippen molar-refractivity contribution in [3.8, 4) is 0 Å². The smallest absolute Gasteiger partial charge is 0.256 e. The number of carbonyl (C=O) groups excluding carboxylic acids is 2. The molecule has 108 valence electrons. The molecule has 1 aliphatic heterocycles. The molecule has 0 bridgehead atoms. The van der Waals surface area contributed by atoms with E-state index in [0.29, 0.717) is 13.0 Å². The lowest BCUT2D eigenvalue weighted by Gasteiger charge is -2.34. The summed E-state index contributed by atoms with van der Waals surface area (Å²) >= 11 is 0. The zero-order valence-corrected chi connectivity index (χ0v) is 11.4. The van der Waals surface area contributed by atoms with E-state index in [0.717, 1.165) is 18.9 Å². The molecule has 20 heavy (non-hydrogen) atoms. The van der Waals surface area contributed by atoms with Crippen molar-refractivity contribution in [3.05, 3.63) is 29.6 Å². The Hall–Kier alpha value is -2.11. The summed E-state index contributed by atoms with van der Waals surface area (Å²) in [5.41, 5.74) is 6.07. The summed E-state index contributed by atoms with van der Waals surface area (Å²) in [7, 11) is 1.54. The fourth-order valence-corrected chi connectivity index (χ4v) is 2.48. The third kappa shape index (κ3) is 2.74. The first kappa shape index (κ1) is 14.3. The number of nitrogens with zero attached hydrogens (tertiary/aromatic N) is 1. The predicted octanol–water partition coefficient (Wildman–Crippen LogP) is 1.15. The van der Waals surface area contributed by atoms with Crippen LogP contribution >= 0.6 is 0 Å². The number of likely N-dealkylation sites (N-methyl/N-ethyl adjacent to an activating group) is 1. The zero-order chi connectivity index (χ0) is 14.7. The van der Waals surface area contributed by atoms with Crippen LogP contribution in [0.2, 0.25) is 0 Å². The molecule has 3 N–H and O–H groups in total. The molecule has 1 atom stereocenters. The average molecular weight is 279 g/mol. The summed E-state index contributed by atoms with van der Waals surface area (Å²) in [6.45, 7) is 0.479. The maximum atomic E-state index is 13.3. The standard InChI is InChI=1S/C14H18FN3O2/c1-17-13(19)12-4-2-3-7-18(12)14(20)10-8-9(15)5-6-11(10)16/h5-6,8,12H,2-4,7,16H2,1H3,(H,17,19). The lowest BCUT2D eigenvalue weighted by atomic mass is 9.99. The molecule has 1 unspecified atom stereocenters. The highest BCUT2D eigenvalue weighted by Crippen LogP contribution is 2.23. The first-order valence-electron chi connectivity index (χ1n) is 6.62. The number of hydrogen-bond donors (Lipinski definition) is 2. The molecular formula is C14H18FN3O2. The number of nitrogens with one attached hydrogen (secondary N) is 1. The van der Waals surface area contributed by atoms with Gasteiger partial charge in [-0.05, 0) is 37.5 Å². The molecule has 2 amide bonds.